The van der Waals surface area contributed by atoms with Crippen LogP contribution >= 0.6 is 10.7 Å². The Kier molecular flexibility index (Phi) is 4.89. The Labute approximate surface area is 132 Å². The van der Waals surface area contributed by atoms with Crippen molar-refractivity contribution in [3.05, 3.63) is 23.3 Å². The molecule has 0 aliphatic heterocycles. The van der Waals surface area contributed by atoms with Gasteiger partial charge in [0.2, 0.25) is 0 Å². The van der Waals surface area contributed by atoms with Crippen LogP contribution in [0.2, 0.25) is 0 Å². The second kappa shape index (κ2) is 6.17. The fourth-order valence-electron chi connectivity index (χ4n) is 3.16. The van der Waals surface area contributed by atoms with E-state index in [1.165, 1.54) is 6.42 Å². The van der Waals surface area contributed by atoms with Crippen LogP contribution in [0.3, 0.4) is 0 Å². The van der Waals surface area contributed by atoms with Crippen molar-refractivity contribution in [2.24, 2.45) is 11.8 Å². The Balaban J connectivity index is 2.19. The molecule has 3 atom stereocenters. The van der Waals surface area contributed by atoms with Crippen molar-refractivity contribution in [1.82, 2.24) is 0 Å². The van der Waals surface area contributed by atoms with E-state index in [0.29, 0.717) is 17.0 Å². The summed E-state index contributed by atoms with van der Waals surface area (Å²) in [6.45, 7) is 8.05. The fourth-order valence-corrected chi connectivity index (χ4v) is 4.78. The second-order valence-corrected chi connectivity index (χ2v) is 8.83. The third-order valence-electron chi connectivity index (χ3n) is 4.53. The number of hydrogen-bond donors (Lipinski definition) is 0. The Bertz CT molecular complexity index is 601. The van der Waals surface area contributed by atoms with Gasteiger partial charge < -0.3 is 4.74 Å². The van der Waals surface area contributed by atoms with Gasteiger partial charge in [0.05, 0.1) is 11.0 Å². The summed E-state index contributed by atoms with van der Waals surface area (Å²) in [4.78, 5) is 0.196. The lowest BCUT2D eigenvalue weighted by atomic mass is 9.80. The molecule has 0 N–H and O–H groups in total. The molecule has 0 radical (unpaired) electrons. The van der Waals surface area contributed by atoms with Gasteiger partial charge in [-0.25, -0.2) is 8.42 Å². The number of benzene rings is 1. The lowest BCUT2D eigenvalue weighted by molar-refractivity contribution is 0.100. The lowest BCUT2D eigenvalue weighted by Gasteiger charge is -2.32. The third-order valence-corrected chi connectivity index (χ3v) is 6.12. The van der Waals surface area contributed by atoms with Crippen molar-refractivity contribution in [3.63, 3.8) is 0 Å². The number of rotatable bonds is 3. The standard InChI is InChI=1S/C16H23ClO3S/c1-10-5-6-14(7-11(10)2)20-15-8-12(3)16(13(4)9-15)21(17,18)19/h8-11,14H,5-7H2,1-4H3. The molecule has 0 amide bonds. The molecule has 1 aromatic rings. The molecule has 1 aliphatic carbocycles. The topological polar surface area (TPSA) is 43.4 Å². The van der Waals surface area contributed by atoms with Crippen LogP contribution < -0.4 is 4.74 Å². The van der Waals surface area contributed by atoms with Crippen LogP contribution in [0.4, 0.5) is 0 Å². The minimum atomic E-state index is -3.71. The summed E-state index contributed by atoms with van der Waals surface area (Å²) in [5, 5.41) is 0. The van der Waals surface area contributed by atoms with Gasteiger partial charge in [0.1, 0.15) is 5.75 Å². The predicted molar refractivity (Wildman–Crippen MR) is 85.5 cm³/mol. The van der Waals surface area contributed by atoms with Gasteiger partial charge in [-0.2, -0.15) is 0 Å². The Morgan fingerprint density at radius 3 is 2.14 bits per heavy atom. The molecule has 1 saturated carbocycles. The molecule has 0 aromatic heterocycles. The van der Waals surface area contributed by atoms with Gasteiger partial charge in [-0.3, -0.25) is 0 Å². The molecule has 2 rings (SSSR count). The van der Waals surface area contributed by atoms with Gasteiger partial charge in [-0.05, 0) is 68.2 Å². The van der Waals surface area contributed by atoms with Gasteiger partial charge in [0.15, 0.2) is 0 Å². The smallest absolute Gasteiger partial charge is 0.261 e. The highest BCUT2D eigenvalue weighted by Crippen LogP contribution is 2.34. The van der Waals surface area contributed by atoms with E-state index in [9.17, 15) is 8.42 Å². The highest BCUT2D eigenvalue weighted by molar-refractivity contribution is 8.13. The largest absolute Gasteiger partial charge is 0.490 e. The minimum Gasteiger partial charge on any atom is -0.490 e. The second-order valence-electron chi connectivity index (χ2n) is 6.33. The first-order chi connectivity index (χ1) is 9.68. The molecule has 3 nitrogen and oxygen atoms in total. The molecule has 1 aliphatic rings. The van der Waals surface area contributed by atoms with Crippen LogP contribution in [0.25, 0.3) is 0 Å². The molecule has 0 spiro atoms. The maximum absolute atomic E-state index is 11.6. The summed E-state index contributed by atoms with van der Waals surface area (Å²) in [5.74, 6) is 2.14. The van der Waals surface area contributed by atoms with Crippen LogP contribution in [0.5, 0.6) is 5.75 Å². The van der Waals surface area contributed by atoms with E-state index in [1.54, 1.807) is 26.0 Å². The van der Waals surface area contributed by atoms with Crippen LogP contribution in [0, 0.1) is 25.7 Å². The van der Waals surface area contributed by atoms with Gasteiger partial charge in [-0.15, -0.1) is 0 Å². The first-order valence-electron chi connectivity index (χ1n) is 7.41. The zero-order valence-corrected chi connectivity index (χ0v) is 14.6. The van der Waals surface area contributed by atoms with Gasteiger partial charge in [-0.1, -0.05) is 13.8 Å². The molecule has 1 fully saturated rings. The maximum atomic E-state index is 11.6. The molecule has 0 saturated heterocycles. The number of ether oxygens (including phenoxy) is 1. The van der Waals surface area contributed by atoms with Crippen LogP contribution in [0.15, 0.2) is 17.0 Å². The molecular weight excluding hydrogens is 308 g/mol. The SMILES string of the molecule is Cc1cc(OC2CCC(C)C(C)C2)cc(C)c1S(=O)(=O)Cl. The van der Waals surface area contributed by atoms with E-state index in [2.05, 4.69) is 13.8 Å². The van der Waals surface area contributed by atoms with E-state index < -0.39 is 9.05 Å². The summed E-state index contributed by atoms with van der Waals surface area (Å²) in [6, 6.07) is 3.54. The lowest BCUT2D eigenvalue weighted by Crippen LogP contribution is -2.28. The first kappa shape index (κ1) is 16.6. The summed E-state index contributed by atoms with van der Waals surface area (Å²) in [7, 11) is 1.77. The van der Waals surface area contributed by atoms with Crippen LogP contribution in [0.1, 0.15) is 44.2 Å². The highest BCUT2D eigenvalue weighted by Gasteiger charge is 2.26. The molecule has 1 aromatic carbocycles. The fraction of sp³-hybridized carbons (Fsp3) is 0.625. The Morgan fingerprint density at radius 2 is 1.67 bits per heavy atom. The predicted octanol–water partition coefficient (Wildman–Crippen LogP) is 4.43. The normalized spacial score (nSPS) is 26.6. The molecule has 21 heavy (non-hydrogen) atoms. The van der Waals surface area contributed by atoms with Crippen molar-refractivity contribution in [3.8, 4) is 5.75 Å². The van der Waals surface area contributed by atoms with Gasteiger partial charge >= 0.3 is 0 Å². The van der Waals surface area contributed by atoms with Gasteiger partial charge in [0.25, 0.3) is 9.05 Å². The zero-order chi connectivity index (χ0) is 15.8. The van der Waals surface area contributed by atoms with Crippen molar-refractivity contribution >= 4 is 19.7 Å². The molecular formula is C16H23ClO3S. The van der Waals surface area contributed by atoms with E-state index >= 15 is 0 Å². The molecule has 0 heterocycles. The quantitative estimate of drug-likeness (QED) is 0.770. The summed E-state index contributed by atoms with van der Waals surface area (Å²) in [6.07, 6.45) is 3.50. The summed E-state index contributed by atoms with van der Waals surface area (Å²) >= 11 is 0. The molecule has 5 heteroatoms. The average Bonchev–Trinajstić information content (AvgIpc) is 2.31. The van der Waals surface area contributed by atoms with Crippen molar-refractivity contribution < 1.29 is 13.2 Å². The number of hydrogen-bond acceptors (Lipinski definition) is 3. The monoisotopic (exact) mass is 330 g/mol. The van der Waals surface area contributed by atoms with E-state index in [4.69, 9.17) is 15.4 Å². The summed E-state index contributed by atoms with van der Waals surface area (Å²) < 4.78 is 29.2. The van der Waals surface area contributed by atoms with Gasteiger partial charge in [0, 0.05) is 10.7 Å². The van der Waals surface area contributed by atoms with E-state index in [-0.39, 0.29) is 11.0 Å². The Hall–Kier alpha value is -0.740. The van der Waals surface area contributed by atoms with Crippen molar-refractivity contribution in [2.45, 2.75) is 58.0 Å². The first-order valence-corrected chi connectivity index (χ1v) is 9.72. The summed E-state index contributed by atoms with van der Waals surface area (Å²) in [5.41, 5.74) is 1.27. The van der Waals surface area contributed by atoms with Crippen molar-refractivity contribution in [2.75, 3.05) is 0 Å². The zero-order valence-electron chi connectivity index (χ0n) is 13.0. The highest BCUT2D eigenvalue weighted by atomic mass is 35.7. The molecule has 3 unspecified atom stereocenters. The van der Waals surface area contributed by atoms with Crippen LogP contribution in [-0.4, -0.2) is 14.5 Å². The average molecular weight is 331 g/mol. The number of aryl methyl sites for hydroxylation is 2. The van der Waals surface area contributed by atoms with E-state index in [1.807, 2.05) is 0 Å². The maximum Gasteiger partial charge on any atom is 0.261 e. The van der Waals surface area contributed by atoms with Crippen LogP contribution in [-0.2, 0) is 9.05 Å². The van der Waals surface area contributed by atoms with E-state index in [0.717, 1.165) is 24.5 Å². The Morgan fingerprint density at radius 1 is 1.10 bits per heavy atom. The van der Waals surface area contributed by atoms with Crippen molar-refractivity contribution in [1.29, 1.82) is 0 Å². The molecule has 118 valence electrons. The molecule has 0 bridgehead atoms. The third kappa shape index (κ3) is 3.92. The minimum absolute atomic E-state index is 0.196. The number of halogens is 1.